The van der Waals surface area contributed by atoms with Gasteiger partial charge in [0.1, 0.15) is 0 Å². The van der Waals surface area contributed by atoms with E-state index in [0.717, 1.165) is 6.08 Å². The lowest BCUT2D eigenvalue weighted by Crippen LogP contribution is -2.00. The normalized spacial score (nSPS) is 10.4. The van der Waals surface area contributed by atoms with E-state index in [-0.39, 0.29) is 23.6 Å². The molecule has 0 atom stereocenters. The first-order valence-electron chi connectivity index (χ1n) is 5.60. The lowest BCUT2D eigenvalue weighted by Gasteiger charge is -2.01. The lowest BCUT2D eigenvalue weighted by atomic mass is 10.1. The van der Waals surface area contributed by atoms with Crippen molar-refractivity contribution in [1.29, 1.82) is 0 Å². The van der Waals surface area contributed by atoms with Gasteiger partial charge < -0.3 is 4.74 Å². The molecule has 19 heavy (non-hydrogen) atoms. The molecule has 0 saturated carbocycles. The Balaban J connectivity index is 3.14. The molecule has 1 rings (SSSR count). The Bertz CT molecular complexity index is 548. The highest BCUT2D eigenvalue weighted by molar-refractivity contribution is 5.95. The van der Waals surface area contributed by atoms with Crippen molar-refractivity contribution in [2.24, 2.45) is 0 Å². The van der Waals surface area contributed by atoms with Gasteiger partial charge in [-0.1, -0.05) is 0 Å². The van der Waals surface area contributed by atoms with Gasteiger partial charge in [0.15, 0.2) is 5.78 Å². The summed E-state index contributed by atoms with van der Waals surface area (Å²) in [4.78, 5) is 32.7. The maximum Gasteiger partial charge on any atom is 0.330 e. The number of carbonyl (C=O) groups excluding carboxylic acids is 2. The number of nitro groups is 1. The van der Waals surface area contributed by atoms with Crippen molar-refractivity contribution in [3.05, 3.63) is 45.5 Å². The van der Waals surface area contributed by atoms with Crippen LogP contribution in [0.1, 0.15) is 29.8 Å². The highest BCUT2D eigenvalue weighted by Crippen LogP contribution is 2.21. The van der Waals surface area contributed by atoms with Gasteiger partial charge in [0.2, 0.25) is 0 Å². The van der Waals surface area contributed by atoms with Crippen molar-refractivity contribution < 1.29 is 19.2 Å². The molecular weight excluding hydrogens is 250 g/mol. The number of rotatable bonds is 5. The largest absolute Gasteiger partial charge is 0.463 e. The van der Waals surface area contributed by atoms with Gasteiger partial charge in [0.25, 0.3) is 5.69 Å². The van der Waals surface area contributed by atoms with Gasteiger partial charge >= 0.3 is 5.97 Å². The SMILES string of the molecule is CCOC(=O)C=Cc1cc(C(C)=O)ccc1[N+](=O)[O-]. The third kappa shape index (κ3) is 4.02. The van der Waals surface area contributed by atoms with Crippen LogP contribution in [-0.2, 0) is 9.53 Å². The maximum absolute atomic E-state index is 11.2. The van der Waals surface area contributed by atoms with Crippen LogP contribution in [0.2, 0.25) is 0 Å². The maximum atomic E-state index is 11.2. The zero-order chi connectivity index (χ0) is 14.4. The predicted molar refractivity (Wildman–Crippen MR) is 68.8 cm³/mol. The summed E-state index contributed by atoms with van der Waals surface area (Å²) < 4.78 is 4.68. The number of Topliss-reactive ketones (excluding diaryl/α,β-unsaturated/α-hetero) is 1. The molecule has 1 aromatic rings. The quantitative estimate of drug-likeness (QED) is 0.267. The summed E-state index contributed by atoms with van der Waals surface area (Å²) in [6.07, 6.45) is 2.36. The highest BCUT2D eigenvalue weighted by atomic mass is 16.6. The van der Waals surface area contributed by atoms with E-state index in [2.05, 4.69) is 4.74 Å². The van der Waals surface area contributed by atoms with Crippen LogP contribution < -0.4 is 0 Å². The van der Waals surface area contributed by atoms with Gasteiger partial charge in [0.05, 0.1) is 17.1 Å². The Labute approximate surface area is 109 Å². The highest BCUT2D eigenvalue weighted by Gasteiger charge is 2.13. The molecule has 0 saturated heterocycles. The van der Waals surface area contributed by atoms with Crippen LogP contribution in [0.4, 0.5) is 5.69 Å². The molecule has 0 aliphatic rings. The molecule has 0 N–H and O–H groups in total. The first-order chi connectivity index (χ1) is 8.95. The second kappa shape index (κ2) is 6.44. The van der Waals surface area contributed by atoms with Crippen molar-refractivity contribution in [2.45, 2.75) is 13.8 Å². The van der Waals surface area contributed by atoms with Crippen LogP contribution in [-0.4, -0.2) is 23.3 Å². The molecule has 0 amide bonds. The fraction of sp³-hybridized carbons (Fsp3) is 0.231. The molecular formula is C13H13NO5. The molecule has 0 aliphatic carbocycles. The summed E-state index contributed by atoms with van der Waals surface area (Å²) in [5.74, 6) is -0.800. The van der Waals surface area contributed by atoms with Gasteiger partial charge in [-0.15, -0.1) is 0 Å². The zero-order valence-corrected chi connectivity index (χ0v) is 10.6. The van der Waals surface area contributed by atoms with Crippen molar-refractivity contribution in [3.63, 3.8) is 0 Å². The van der Waals surface area contributed by atoms with Crippen molar-refractivity contribution in [1.82, 2.24) is 0 Å². The van der Waals surface area contributed by atoms with E-state index in [4.69, 9.17) is 0 Å². The molecule has 6 nitrogen and oxygen atoms in total. The molecule has 0 heterocycles. The molecule has 0 aromatic heterocycles. The van der Waals surface area contributed by atoms with Gasteiger partial charge in [-0.3, -0.25) is 14.9 Å². The summed E-state index contributed by atoms with van der Waals surface area (Å²) in [6, 6.07) is 3.99. The average molecular weight is 263 g/mol. The van der Waals surface area contributed by atoms with Gasteiger partial charge in [-0.05, 0) is 32.1 Å². The number of hydrogen-bond donors (Lipinski definition) is 0. The molecule has 0 radical (unpaired) electrons. The Hall–Kier alpha value is -2.50. The summed E-state index contributed by atoms with van der Waals surface area (Å²) in [5.41, 5.74) is 0.352. The number of nitro benzene ring substituents is 1. The van der Waals surface area contributed by atoms with Crippen molar-refractivity contribution in [3.8, 4) is 0 Å². The number of ether oxygens (including phenoxy) is 1. The topological polar surface area (TPSA) is 86.5 Å². The minimum Gasteiger partial charge on any atom is -0.463 e. The van der Waals surface area contributed by atoms with E-state index in [1.54, 1.807) is 6.92 Å². The first-order valence-corrected chi connectivity index (χ1v) is 5.60. The molecule has 1 aromatic carbocycles. The number of hydrogen-bond acceptors (Lipinski definition) is 5. The number of carbonyl (C=O) groups is 2. The van der Waals surface area contributed by atoms with Crippen LogP contribution >= 0.6 is 0 Å². The van der Waals surface area contributed by atoms with E-state index in [1.165, 1.54) is 31.2 Å². The Morgan fingerprint density at radius 2 is 2.11 bits per heavy atom. The van der Waals surface area contributed by atoms with E-state index < -0.39 is 10.9 Å². The van der Waals surface area contributed by atoms with E-state index in [0.29, 0.717) is 5.56 Å². The molecule has 6 heteroatoms. The first kappa shape index (κ1) is 14.6. The molecule has 0 aliphatic heterocycles. The molecule has 0 spiro atoms. The Morgan fingerprint density at radius 3 is 2.63 bits per heavy atom. The van der Waals surface area contributed by atoms with Crippen LogP contribution in [0.15, 0.2) is 24.3 Å². The van der Waals surface area contributed by atoms with E-state index in [9.17, 15) is 19.7 Å². The van der Waals surface area contributed by atoms with Crippen molar-refractivity contribution in [2.75, 3.05) is 6.61 Å². The van der Waals surface area contributed by atoms with Gasteiger partial charge in [-0.25, -0.2) is 4.79 Å². The Morgan fingerprint density at radius 1 is 1.42 bits per heavy atom. The van der Waals surface area contributed by atoms with Crippen molar-refractivity contribution >= 4 is 23.5 Å². The molecule has 0 bridgehead atoms. The minimum atomic E-state index is -0.593. The summed E-state index contributed by atoms with van der Waals surface area (Å²) >= 11 is 0. The number of esters is 1. The average Bonchev–Trinajstić information content (AvgIpc) is 2.36. The minimum absolute atomic E-state index is 0.175. The van der Waals surface area contributed by atoms with Gasteiger partial charge in [0, 0.05) is 17.7 Å². The molecule has 0 fully saturated rings. The molecule has 0 unspecified atom stereocenters. The van der Waals surface area contributed by atoms with Crippen LogP contribution in [0.25, 0.3) is 6.08 Å². The number of nitrogens with zero attached hydrogens (tertiary/aromatic N) is 1. The van der Waals surface area contributed by atoms with Crippen LogP contribution in [0.5, 0.6) is 0 Å². The second-order valence-electron chi connectivity index (χ2n) is 3.67. The van der Waals surface area contributed by atoms with Gasteiger partial charge in [-0.2, -0.15) is 0 Å². The fourth-order valence-corrected chi connectivity index (χ4v) is 1.42. The lowest BCUT2D eigenvalue weighted by molar-refractivity contribution is -0.385. The monoisotopic (exact) mass is 263 g/mol. The van der Waals surface area contributed by atoms with E-state index in [1.807, 2.05) is 0 Å². The third-order valence-corrected chi connectivity index (χ3v) is 2.32. The zero-order valence-electron chi connectivity index (χ0n) is 10.6. The standard InChI is InChI=1S/C13H13NO5/c1-3-19-13(16)7-5-11-8-10(9(2)15)4-6-12(11)14(17)18/h4-8H,3H2,1-2H3. The van der Waals surface area contributed by atoms with E-state index >= 15 is 0 Å². The summed E-state index contributed by atoms with van der Waals surface area (Å²) in [6.45, 7) is 3.24. The summed E-state index contributed by atoms with van der Waals surface area (Å²) in [5, 5.41) is 10.8. The second-order valence-corrected chi connectivity index (χ2v) is 3.67. The predicted octanol–water partition coefficient (Wildman–Crippen LogP) is 2.37. The smallest absolute Gasteiger partial charge is 0.330 e. The number of benzene rings is 1. The third-order valence-electron chi connectivity index (χ3n) is 2.32. The van der Waals surface area contributed by atoms with Crippen LogP contribution in [0.3, 0.4) is 0 Å². The summed E-state index contributed by atoms with van der Waals surface area (Å²) in [7, 11) is 0. The molecule has 100 valence electrons. The van der Waals surface area contributed by atoms with Crippen LogP contribution in [0, 0.1) is 10.1 Å². The number of ketones is 1. The fourth-order valence-electron chi connectivity index (χ4n) is 1.42. The Kier molecular flexibility index (Phi) is 4.93.